The maximum absolute atomic E-state index is 14.6. The van der Waals surface area contributed by atoms with Crippen LogP contribution in [0, 0.1) is 17.8 Å². The molecule has 1 aromatic carbocycles. The maximum atomic E-state index is 14.6. The monoisotopic (exact) mass is 568 g/mol. The summed E-state index contributed by atoms with van der Waals surface area (Å²) in [6.07, 6.45) is 6.69. The molecule has 0 saturated carbocycles. The molecule has 9 heteroatoms. The van der Waals surface area contributed by atoms with Gasteiger partial charge in [0.05, 0.1) is 37.9 Å². The molecule has 3 saturated heterocycles. The minimum atomic E-state index is -1.23. The average Bonchev–Trinajstić information content (AvgIpc) is 3.48. The van der Waals surface area contributed by atoms with Gasteiger partial charge in [0.25, 0.3) is 5.91 Å². The summed E-state index contributed by atoms with van der Waals surface area (Å²) < 4.78 is 17.8. The van der Waals surface area contributed by atoms with Gasteiger partial charge in [-0.2, -0.15) is 0 Å². The lowest BCUT2D eigenvalue weighted by Crippen LogP contribution is -2.59. The molecule has 1 aromatic rings. The number of hydrogen-bond donors (Lipinski definition) is 1. The number of methoxy groups -OCH3 is 1. The van der Waals surface area contributed by atoms with E-state index in [1.807, 2.05) is 26.8 Å². The Morgan fingerprint density at radius 2 is 1.95 bits per heavy atom. The molecule has 3 heterocycles. The fraction of sp³-hybridized carbons (Fsp3) is 0.594. The van der Waals surface area contributed by atoms with E-state index < -0.39 is 41.1 Å². The summed E-state index contributed by atoms with van der Waals surface area (Å²) in [5, 5.41) is 10.3. The van der Waals surface area contributed by atoms with Crippen molar-refractivity contribution in [3.05, 3.63) is 49.6 Å². The van der Waals surface area contributed by atoms with Gasteiger partial charge in [0, 0.05) is 12.2 Å². The van der Waals surface area contributed by atoms with E-state index >= 15 is 0 Å². The number of aliphatic hydroxyl groups excluding tert-OH is 1. The number of aliphatic hydroxyl groups is 1. The number of unbranched alkanes of at least 4 members (excludes halogenated alkanes) is 2. The van der Waals surface area contributed by atoms with E-state index in [0.29, 0.717) is 30.7 Å². The second kappa shape index (κ2) is 12.4. The van der Waals surface area contributed by atoms with Gasteiger partial charge < -0.3 is 29.1 Å². The normalized spacial score (nSPS) is 30.6. The maximum Gasteiger partial charge on any atom is 0.312 e. The molecule has 0 aromatic heterocycles. The number of hydrogen-bond acceptors (Lipinski definition) is 7. The van der Waals surface area contributed by atoms with Crippen molar-refractivity contribution in [3.63, 3.8) is 0 Å². The zero-order valence-electron chi connectivity index (χ0n) is 24.7. The molecule has 3 aliphatic rings. The second-order valence-corrected chi connectivity index (χ2v) is 11.6. The molecule has 3 aliphatic heterocycles. The third kappa shape index (κ3) is 5.07. The number of carbonyl (C=O) groups excluding carboxylic acids is 3. The fourth-order valence-corrected chi connectivity index (χ4v) is 7.14. The van der Waals surface area contributed by atoms with Crippen LogP contribution in [0.3, 0.4) is 0 Å². The lowest BCUT2D eigenvalue weighted by molar-refractivity contribution is -0.162. The number of benzene rings is 1. The van der Waals surface area contributed by atoms with Gasteiger partial charge in [-0.15, -0.1) is 13.2 Å². The van der Waals surface area contributed by atoms with Crippen molar-refractivity contribution in [2.75, 3.05) is 31.8 Å². The Balaban J connectivity index is 1.76. The lowest BCUT2D eigenvalue weighted by Gasteiger charge is -2.39. The van der Waals surface area contributed by atoms with E-state index in [-0.39, 0.29) is 37.5 Å². The molecule has 3 fully saturated rings. The predicted molar refractivity (Wildman–Crippen MR) is 155 cm³/mol. The molecule has 1 N–H and O–H groups in total. The molecular formula is C32H44N2O7. The molecule has 2 amide bonds. The van der Waals surface area contributed by atoms with Crippen LogP contribution in [0.1, 0.15) is 52.9 Å². The number of ether oxygens (including phenoxy) is 3. The molecule has 1 spiro atoms. The first-order valence-corrected chi connectivity index (χ1v) is 14.6. The van der Waals surface area contributed by atoms with E-state index in [0.717, 1.165) is 12.8 Å². The van der Waals surface area contributed by atoms with Gasteiger partial charge >= 0.3 is 5.97 Å². The molecule has 9 nitrogen and oxygen atoms in total. The highest BCUT2D eigenvalue weighted by Crippen LogP contribution is 2.65. The van der Waals surface area contributed by atoms with Crippen LogP contribution in [0.15, 0.2) is 49.6 Å². The van der Waals surface area contributed by atoms with Crippen molar-refractivity contribution >= 4 is 23.5 Å². The van der Waals surface area contributed by atoms with Crippen molar-refractivity contribution in [2.45, 2.75) is 76.2 Å². The number of rotatable bonds is 14. The lowest BCUT2D eigenvalue weighted by atomic mass is 9.62. The fourth-order valence-electron chi connectivity index (χ4n) is 7.14. The molecule has 0 radical (unpaired) electrons. The molecule has 7 atom stereocenters. The Morgan fingerprint density at radius 3 is 2.54 bits per heavy atom. The standard InChI is InChI=1S/C32H44N2O7/c1-7-10-11-12-18-40-30(38)26-25-28(36)34(22(9-3)20-35)27(32(25)19-21(4)31(26,5)41-32)29(37)33(17-8-2)23-13-15-24(39-6)16-14-23/h7-8,13-16,21-22,25-27,35H,1-2,9-12,17-20H2,3-6H3/t21?,22-,25-,26+,27?,31-,32?/m0/s1. The minimum absolute atomic E-state index is 0.108. The van der Waals surface area contributed by atoms with E-state index in [1.165, 1.54) is 4.90 Å². The summed E-state index contributed by atoms with van der Waals surface area (Å²) in [7, 11) is 1.57. The summed E-state index contributed by atoms with van der Waals surface area (Å²) in [4.78, 5) is 45.7. The van der Waals surface area contributed by atoms with Crippen molar-refractivity contribution in [2.24, 2.45) is 17.8 Å². The number of anilines is 1. The van der Waals surface area contributed by atoms with Crippen molar-refractivity contribution < 1.29 is 33.7 Å². The van der Waals surface area contributed by atoms with Crippen LogP contribution in [0.2, 0.25) is 0 Å². The van der Waals surface area contributed by atoms with Crippen LogP contribution in [-0.2, 0) is 23.9 Å². The number of esters is 1. The Kier molecular flexibility index (Phi) is 9.29. The van der Waals surface area contributed by atoms with Gasteiger partial charge in [-0.3, -0.25) is 14.4 Å². The molecule has 0 aliphatic carbocycles. The first-order chi connectivity index (χ1) is 19.6. The predicted octanol–water partition coefficient (Wildman–Crippen LogP) is 3.90. The molecule has 2 bridgehead atoms. The van der Waals surface area contributed by atoms with Gasteiger partial charge in [-0.25, -0.2) is 0 Å². The van der Waals surface area contributed by atoms with Gasteiger partial charge in [0.2, 0.25) is 5.91 Å². The number of nitrogens with zero attached hydrogens (tertiary/aromatic N) is 2. The van der Waals surface area contributed by atoms with E-state index in [9.17, 15) is 19.5 Å². The highest BCUT2D eigenvalue weighted by Gasteiger charge is 2.80. The van der Waals surface area contributed by atoms with Gasteiger partial charge in [-0.05, 0) is 69.2 Å². The number of allylic oxidation sites excluding steroid dienone is 1. The van der Waals surface area contributed by atoms with Crippen LogP contribution in [0.4, 0.5) is 5.69 Å². The highest BCUT2D eigenvalue weighted by atomic mass is 16.6. The average molecular weight is 569 g/mol. The van der Waals surface area contributed by atoms with E-state index in [1.54, 1.807) is 42.4 Å². The van der Waals surface area contributed by atoms with E-state index in [2.05, 4.69) is 13.2 Å². The SMILES string of the molecule is C=CCCCCOC(=O)[C@H]1[C@H]2C(=O)N([C@@H](CC)CO)C(C(=O)N(CC=C)c3ccc(OC)cc3)C23CC(C)[C@]1(C)O3. The number of likely N-dealkylation sites (tertiary alicyclic amines) is 1. The minimum Gasteiger partial charge on any atom is -0.497 e. The van der Waals surface area contributed by atoms with Crippen molar-refractivity contribution in [1.29, 1.82) is 0 Å². The summed E-state index contributed by atoms with van der Waals surface area (Å²) in [5.41, 5.74) is -1.58. The number of carbonyl (C=O) groups is 3. The zero-order chi connectivity index (χ0) is 29.9. The van der Waals surface area contributed by atoms with Crippen molar-refractivity contribution in [3.8, 4) is 5.75 Å². The molecule has 224 valence electrons. The Hall–Kier alpha value is -3.17. The van der Waals surface area contributed by atoms with Crippen LogP contribution in [-0.4, -0.2) is 77.9 Å². The van der Waals surface area contributed by atoms with Crippen LogP contribution in [0.25, 0.3) is 0 Å². The first-order valence-electron chi connectivity index (χ1n) is 14.6. The van der Waals surface area contributed by atoms with Crippen LogP contribution >= 0.6 is 0 Å². The quantitative estimate of drug-likeness (QED) is 0.206. The van der Waals surface area contributed by atoms with E-state index in [4.69, 9.17) is 14.2 Å². The van der Waals surface area contributed by atoms with Crippen LogP contribution < -0.4 is 9.64 Å². The van der Waals surface area contributed by atoms with Crippen molar-refractivity contribution in [1.82, 2.24) is 4.90 Å². The van der Waals surface area contributed by atoms with Gasteiger partial charge in [-0.1, -0.05) is 26.0 Å². The van der Waals surface area contributed by atoms with Crippen LogP contribution in [0.5, 0.6) is 5.75 Å². The van der Waals surface area contributed by atoms with Gasteiger partial charge in [0.1, 0.15) is 23.3 Å². The summed E-state index contributed by atoms with van der Waals surface area (Å²) in [5.74, 6) is -2.37. The Bertz CT molecular complexity index is 1150. The Labute approximate surface area is 243 Å². The highest BCUT2D eigenvalue weighted by molar-refractivity contribution is 6.05. The number of fused-ring (bicyclic) bond motifs is 1. The third-order valence-corrected chi connectivity index (χ3v) is 9.32. The second-order valence-electron chi connectivity index (χ2n) is 11.6. The third-order valence-electron chi connectivity index (χ3n) is 9.32. The molecule has 41 heavy (non-hydrogen) atoms. The number of amides is 2. The first kappa shape index (κ1) is 30.8. The zero-order valence-corrected chi connectivity index (χ0v) is 24.7. The molecule has 4 rings (SSSR count). The summed E-state index contributed by atoms with van der Waals surface area (Å²) in [6, 6.07) is 5.45. The Morgan fingerprint density at radius 1 is 1.24 bits per heavy atom. The topological polar surface area (TPSA) is 106 Å². The summed E-state index contributed by atoms with van der Waals surface area (Å²) >= 11 is 0. The molecule has 3 unspecified atom stereocenters. The smallest absolute Gasteiger partial charge is 0.312 e. The largest absolute Gasteiger partial charge is 0.497 e. The van der Waals surface area contributed by atoms with Gasteiger partial charge in [0.15, 0.2) is 0 Å². The summed E-state index contributed by atoms with van der Waals surface area (Å²) in [6.45, 7) is 13.4. The molecular weight excluding hydrogens is 524 g/mol.